The Kier molecular flexibility index (Phi) is 7.76. The lowest BCUT2D eigenvalue weighted by Crippen LogP contribution is -2.38. The van der Waals surface area contributed by atoms with Crippen LogP contribution in [0, 0.1) is 11.8 Å². The van der Waals surface area contributed by atoms with Gasteiger partial charge in [0.25, 0.3) is 0 Å². The molecule has 120 valence electrons. The van der Waals surface area contributed by atoms with E-state index in [0.717, 1.165) is 25.4 Å². The number of nitrogens with zero attached hydrogens (tertiary/aromatic N) is 1. The predicted molar refractivity (Wildman–Crippen MR) is 90.9 cm³/mol. The summed E-state index contributed by atoms with van der Waals surface area (Å²) >= 11 is 0. The van der Waals surface area contributed by atoms with Gasteiger partial charge in [-0.2, -0.15) is 0 Å². The van der Waals surface area contributed by atoms with E-state index in [1.54, 1.807) is 7.11 Å². The van der Waals surface area contributed by atoms with Crippen LogP contribution in [0.1, 0.15) is 39.3 Å². The molecule has 0 spiro atoms. The maximum absolute atomic E-state index is 5.34. The van der Waals surface area contributed by atoms with Crippen molar-refractivity contribution in [2.45, 2.75) is 33.7 Å². The molecule has 3 heteroatoms. The lowest BCUT2D eigenvalue weighted by Gasteiger charge is -2.30. The van der Waals surface area contributed by atoms with Crippen molar-refractivity contribution in [2.75, 3.05) is 33.8 Å². The van der Waals surface area contributed by atoms with Gasteiger partial charge in [0, 0.05) is 25.7 Å². The molecule has 1 aromatic rings. The summed E-state index contributed by atoms with van der Waals surface area (Å²) in [6.07, 6.45) is 0. The third-order valence-electron chi connectivity index (χ3n) is 3.53. The standard InChI is InChI=1S/C18H32N2O/c1-14(2)11-20(12-15(3)4)13-18(19-5)16-8-7-9-17(10-16)21-6/h7-10,14-15,18-19H,11-13H2,1-6H3. The highest BCUT2D eigenvalue weighted by Crippen LogP contribution is 2.20. The van der Waals surface area contributed by atoms with Crippen LogP contribution >= 0.6 is 0 Å². The van der Waals surface area contributed by atoms with E-state index in [2.05, 4.69) is 56.1 Å². The van der Waals surface area contributed by atoms with Crippen LogP contribution in [0.25, 0.3) is 0 Å². The fourth-order valence-electron chi connectivity index (χ4n) is 2.74. The molecule has 1 unspecified atom stereocenters. The molecule has 0 aliphatic rings. The van der Waals surface area contributed by atoms with E-state index < -0.39 is 0 Å². The normalized spacial score (nSPS) is 13.2. The molecule has 1 N–H and O–H groups in total. The first-order chi connectivity index (χ1) is 9.96. The minimum absolute atomic E-state index is 0.331. The maximum atomic E-state index is 5.34. The second-order valence-corrected chi connectivity index (χ2v) is 6.62. The molecule has 1 aromatic carbocycles. The number of benzene rings is 1. The van der Waals surface area contributed by atoms with Crippen LogP contribution in [0.15, 0.2) is 24.3 Å². The van der Waals surface area contributed by atoms with Crippen LogP contribution in [-0.2, 0) is 0 Å². The Balaban J connectivity index is 2.80. The van der Waals surface area contributed by atoms with Crippen molar-refractivity contribution >= 4 is 0 Å². The molecule has 0 saturated heterocycles. The topological polar surface area (TPSA) is 24.5 Å². The van der Waals surface area contributed by atoms with Gasteiger partial charge in [-0.05, 0) is 36.6 Å². The Morgan fingerprint density at radius 1 is 1.05 bits per heavy atom. The van der Waals surface area contributed by atoms with Gasteiger partial charge < -0.3 is 15.0 Å². The molecule has 3 nitrogen and oxygen atoms in total. The van der Waals surface area contributed by atoms with Crippen LogP contribution in [0.4, 0.5) is 0 Å². The molecule has 0 bridgehead atoms. The first kappa shape index (κ1) is 18.0. The molecule has 0 aliphatic carbocycles. The van der Waals surface area contributed by atoms with Gasteiger partial charge >= 0.3 is 0 Å². The molecule has 0 aromatic heterocycles. The smallest absolute Gasteiger partial charge is 0.119 e. The number of methoxy groups -OCH3 is 1. The lowest BCUT2D eigenvalue weighted by atomic mass is 10.0. The average Bonchev–Trinajstić information content (AvgIpc) is 2.43. The number of nitrogens with one attached hydrogen (secondary N) is 1. The van der Waals surface area contributed by atoms with E-state index in [0.29, 0.717) is 17.9 Å². The third-order valence-corrected chi connectivity index (χ3v) is 3.53. The summed E-state index contributed by atoms with van der Waals surface area (Å²) < 4.78 is 5.34. The van der Waals surface area contributed by atoms with Crippen molar-refractivity contribution in [3.63, 3.8) is 0 Å². The van der Waals surface area contributed by atoms with Crippen molar-refractivity contribution in [1.82, 2.24) is 10.2 Å². The Morgan fingerprint density at radius 2 is 1.67 bits per heavy atom. The van der Waals surface area contributed by atoms with Gasteiger partial charge in [-0.15, -0.1) is 0 Å². The largest absolute Gasteiger partial charge is 0.497 e. The molecule has 0 fully saturated rings. The Hall–Kier alpha value is -1.06. The number of hydrogen-bond acceptors (Lipinski definition) is 3. The molecule has 0 heterocycles. The molecule has 21 heavy (non-hydrogen) atoms. The molecular formula is C18H32N2O. The van der Waals surface area contributed by atoms with Gasteiger partial charge in [0.2, 0.25) is 0 Å². The number of likely N-dealkylation sites (N-methyl/N-ethyl adjacent to an activating group) is 1. The van der Waals surface area contributed by atoms with E-state index >= 15 is 0 Å². The first-order valence-corrected chi connectivity index (χ1v) is 7.99. The van der Waals surface area contributed by atoms with Crippen molar-refractivity contribution < 1.29 is 4.74 Å². The van der Waals surface area contributed by atoms with Crippen molar-refractivity contribution in [1.29, 1.82) is 0 Å². The summed E-state index contributed by atoms with van der Waals surface area (Å²) in [5.41, 5.74) is 1.29. The monoisotopic (exact) mass is 292 g/mol. The number of rotatable bonds is 9. The van der Waals surface area contributed by atoms with Gasteiger partial charge in [0.15, 0.2) is 0 Å². The Labute approximate surface area is 130 Å². The van der Waals surface area contributed by atoms with E-state index in [-0.39, 0.29) is 0 Å². The van der Waals surface area contributed by atoms with E-state index in [4.69, 9.17) is 4.74 Å². The maximum Gasteiger partial charge on any atom is 0.119 e. The number of ether oxygens (including phenoxy) is 1. The highest BCUT2D eigenvalue weighted by Gasteiger charge is 2.17. The zero-order valence-corrected chi connectivity index (χ0v) is 14.5. The summed E-state index contributed by atoms with van der Waals surface area (Å²) in [5.74, 6) is 2.30. The minimum atomic E-state index is 0.331. The van der Waals surface area contributed by atoms with Crippen LogP contribution in [-0.4, -0.2) is 38.7 Å². The molecular weight excluding hydrogens is 260 g/mol. The summed E-state index contributed by atoms with van der Waals surface area (Å²) in [7, 11) is 3.75. The third kappa shape index (κ3) is 6.49. The number of hydrogen-bond donors (Lipinski definition) is 1. The van der Waals surface area contributed by atoms with E-state index in [1.807, 2.05) is 13.1 Å². The summed E-state index contributed by atoms with van der Waals surface area (Å²) in [6, 6.07) is 8.69. The van der Waals surface area contributed by atoms with E-state index in [1.165, 1.54) is 5.56 Å². The molecule has 0 saturated carbocycles. The lowest BCUT2D eigenvalue weighted by molar-refractivity contribution is 0.200. The zero-order valence-electron chi connectivity index (χ0n) is 14.5. The fraction of sp³-hybridized carbons (Fsp3) is 0.667. The highest BCUT2D eigenvalue weighted by atomic mass is 16.5. The van der Waals surface area contributed by atoms with Gasteiger partial charge in [-0.3, -0.25) is 0 Å². The first-order valence-electron chi connectivity index (χ1n) is 7.99. The Bertz CT molecular complexity index is 394. The SMILES string of the molecule is CNC(CN(CC(C)C)CC(C)C)c1cccc(OC)c1. The second-order valence-electron chi connectivity index (χ2n) is 6.62. The van der Waals surface area contributed by atoms with Gasteiger partial charge in [0.05, 0.1) is 7.11 Å². The zero-order chi connectivity index (χ0) is 15.8. The molecule has 0 radical (unpaired) electrons. The highest BCUT2D eigenvalue weighted by molar-refractivity contribution is 5.30. The quantitative estimate of drug-likeness (QED) is 0.753. The molecule has 0 aliphatic heterocycles. The molecule has 1 atom stereocenters. The second kappa shape index (κ2) is 9.06. The molecule has 1 rings (SSSR count). The van der Waals surface area contributed by atoms with Crippen LogP contribution in [0.2, 0.25) is 0 Å². The van der Waals surface area contributed by atoms with Crippen LogP contribution < -0.4 is 10.1 Å². The van der Waals surface area contributed by atoms with Gasteiger partial charge in [0.1, 0.15) is 5.75 Å². The van der Waals surface area contributed by atoms with E-state index in [9.17, 15) is 0 Å². The summed E-state index contributed by atoms with van der Waals surface area (Å²) in [5, 5.41) is 3.45. The Morgan fingerprint density at radius 3 is 2.14 bits per heavy atom. The van der Waals surface area contributed by atoms with Gasteiger partial charge in [-0.25, -0.2) is 0 Å². The summed E-state index contributed by atoms with van der Waals surface area (Å²) in [4.78, 5) is 2.57. The van der Waals surface area contributed by atoms with Crippen LogP contribution in [0.5, 0.6) is 5.75 Å². The summed E-state index contributed by atoms with van der Waals surface area (Å²) in [6.45, 7) is 12.4. The van der Waals surface area contributed by atoms with Crippen LogP contribution in [0.3, 0.4) is 0 Å². The fourth-order valence-corrected chi connectivity index (χ4v) is 2.74. The average molecular weight is 292 g/mol. The molecule has 0 amide bonds. The van der Waals surface area contributed by atoms with Crippen molar-refractivity contribution in [3.05, 3.63) is 29.8 Å². The minimum Gasteiger partial charge on any atom is -0.497 e. The van der Waals surface area contributed by atoms with Gasteiger partial charge in [-0.1, -0.05) is 39.8 Å². The predicted octanol–water partition coefficient (Wildman–Crippen LogP) is 3.57. The van der Waals surface area contributed by atoms with Crippen molar-refractivity contribution in [3.8, 4) is 5.75 Å². The van der Waals surface area contributed by atoms with Crippen molar-refractivity contribution in [2.24, 2.45) is 11.8 Å².